The fraction of sp³-hybridized carbons (Fsp3) is 0.312. The van der Waals surface area contributed by atoms with Crippen LogP contribution in [0.3, 0.4) is 0 Å². The quantitative estimate of drug-likeness (QED) is 0.812. The van der Waals surface area contributed by atoms with Gasteiger partial charge in [-0.2, -0.15) is 0 Å². The summed E-state index contributed by atoms with van der Waals surface area (Å²) < 4.78 is 0.982. The van der Waals surface area contributed by atoms with E-state index >= 15 is 0 Å². The van der Waals surface area contributed by atoms with Gasteiger partial charge in [-0.25, -0.2) is 4.79 Å². The van der Waals surface area contributed by atoms with Gasteiger partial charge in [0.1, 0.15) is 0 Å². The van der Waals surface area contributed by atoms with Crippen LogP contribution in [0.5, 0.6) is 0 Å². The molecule has 0 fully saturated rings. The van der Waals surface area contributed by atoms with Crippen molar-refractivity contribution in [3.05, 3.63) is 50.6 Å². The number of amides is 2. The van der Waals surface area contributed by atoms with Crippen molar-refractivity contribution < 1.29 is 4.79 Å². The van der Waals surface area contributed by atoms with Gasteiger partial charge < -0.3 is 15.5 Å². The number of rotatable bonds is 5. The van der Waals surface area contributed by atoms with Crippen LogP contribution in [0.4, 0.5) is 10.5 Å². The Hall–Kier alpha value is -1.37. The van der Waals surface area contributed by atoms with Crippen LogP contribution in [0.25, 0.3) is 0 Å². The number of urea groups is 1. The SMILES string of the molecule is Cc1ccc(NC(=O)NCC(c2cccs2)N(C)C)cc1Br. The molecule has 2 amide bonds. The number of carbonyl (C=O) groups excluding carboxylic acids is 1. The van der Waals surface area contributed by atoms with E-state index in [-0.39, 0.29) is 12.1 Å². The fourth-order valence-corrected chi connectivity index (χ4v) is 3.36. The van der Waals surface area contributed by atoms with E-state index in [2.05, 4.69) is 42.9 Å². The monoisotopic (exact) mass is 381 g/mol. The molecule has 2 N–H and O–H groups in total. The predicted octanol–water partition coefficient (Wildman–Crippen LogP) is 4.24. The van der Waals surface area contributed by atoms with Crippen molar-refractivity contribution in [2.24, 2.45) is 0 Å². The number of benzene rings is 1. The first-order valence-electron chi connectivity index (χ1n) is 6.98. The smallest absolute Gasteiger partial charge is 0.319 e. The maximum Gasteiger partial charge on any atom is 0.319 e. The van der Waals surface area contributed by atoms with Gasteiger partial charge in [0.25, 0.3) is 0 Å². The second-order valence-electron chi connectivity index (χ2n) is 5.29. The minimum Gasteiger partial charge on any atom is -0.336 e. The fourth-order valence-electron chi connectivity index (χ4n) is 2.05. The Morgan fingerprint density at radius 3 is 2.73 bits per heavy atom. The van der Waals surface area contributed by atoms with Crippen molar-refractivity contribution in [1.82, 2.24) is 10.2 Å². The molecule has 1 atom stereocenters. The molecule has 118 valence electrons. The van der Waals surface area contributed by atoms with Crippen molar-refractivity contribution in [3.63, 3.8) is 0 Å². The summed E-state index contributed by atoms with van der Waals surface area (Å²) in [6.07, 6.45) is 0. The second kappa shape index (κ2) is 7.76. The van der Waals surface area contributed by atoms with Crippen molar-refractivity contribution >= 4 is 39.0 Å². The Bertz CT molecular complexity index is 628. The number of aryl methyl sites for hydroxylation is 1. The maximum atomic E-state index is 12.1. The summed E-state index contributed by atoms with van der Waals surface area (Å²) in [4.78, 5) is 15.4. The molecule has 1 unspecified atom stereocenters. The molecule has 2 aromatic rings. The van der Waals surface area contributed by atoms with Gasteiger partial charge in [0.15, 0.2) is 0 Å². The van der Waals surface area contributed by atoms with Crippen LogP contribution in [0.1, 0.15) is 16.5 Å². The Labute approximate surface area is 143 Å². The van der Waals surface area contributed by atoms with Gasteiger partial charge in [-0.3, -0.25) is 0 Å². The molecular formula is C16H20BrN3OS. The number of hydrogen-bond donors (Lipinski definition) is 2. The van der Waals surface area contributed by atoms with Crippen LogP contribution in [-0.2, 0) is 0 Å². The zero-order valence-corrected chi connectivity index (χ0v) is 15.3. The Morgan fingerprint density at radius 1 is 1.36 bits per heavy atom. The largest absolute Gasteiger partial charge is 0.336 e. The standard InChI is InChI=1S/C16H20BrN3OS/c1-11-6-7-12(9-13(11)17)19-16(21)18-10-14(20(2)3)15-5-4-8-22-15/h4-9,14H,10H2,1-3H3,(H2,18,19,21). The molecule has 22 heavy (non-hydrogen) atoms. The summed E-state index contributed by atoms with van der Waals surface area (Å²) in [6.45, 7) is 2.57. The third-order valence-corrected chi connectivity index (χ3v) is 5.21. The molecule has 0 spiro atoms. The van der Waals surface area contributed by atoms with E-state index in [0.717, 1.165) is 15.7 Å². The molecular weight excluding hydrogens is 362 g/mol. The third kappa shape index (κ3) is 4.56. The van der Waals surface area contributed by atoms with Crippen LogP contribution in [0.2, 0.25) is 0 Å². The average Bonchev–Trinajstić information content (AvgIpc) is 2.97. The number of hydrogen-bond acceptors (Lipinski definition) is 3. The molecule has 1 heterocycles. The van der Waals surface area contributed by atoms with Crippen LogP contribution < -0.4 is 10.6 Å². The van der Waals surface area contributed by atoms with E-state index in [0.29, 0.717) is 6.54 Å². The number of nitrogens with one attached hydrogen (secondary N) is 2. The van der Waals surface area contributed by atoms with E-state index in [1.165, 1.54) is 4.88 Å². The van der Waals surface area contributed by atoms with Gasteiger partial charge in [0.05, 0.1) is 6.04 Å². The lowest BCUT2D eigenvalue weighted by Gasteiger charge is -2.23. The number of thiophene rings is 1. The van der Waals surface area contributed by atoms with E-state index in [1.807, 2.05) is 45.3 Å². The lowest BCUT2D eigenvalue weighted by Crippen LogP contribution is -2.36. The Kier molecular flexibility index (Phi) is 5.99. The number of likely N-dealkylation sites (N-methyl/N-ethyl adjacent to an activating group) is 1. The summed E-state index contributed by atoms with van der Waals surface area (Å²) in [6, 6.07) is 9.86. The average molecular weight is 382 g/mol. The maximum absolute atomic E-state index is 12.1. The zero-order valence-electron chi connectivity index (χ0n) is 12.9. The number of halogens is 1. The molecule has 0 aliphatic carbocycles. The number of anilines is 1. The number of carbonyl (C=O) groups is 1. The molecule has 4 nitrogen and oxygen atoms in total. The molecule has 0 saturated carbocycles. The van der Waals surface area contributed by atoms with Crippen molar-refractivity contribution in [3.8, 4) is 0 Å². The van der Waals surface area contributed by atoms with Crippen molar-refractivity contribution in [1.29, 1.82) is 0 Å². The topological polar surface area (TPSA) is 44.4 Å². The van der Waals surface area contributed by atoms with Crippen LogP contribution >= 0.6 is 27.3 Å². The lowest BCUT2D eigenvalue weighted by molar-refractivity contribution is 0.244. The Balaban J connectivity index is 1.92. The third-order valence-electron chi connectivity index (χ3n) is 3.38. The molecule has 0 aliphatic heterocycles. The van der Waals surface area contributed by atoms with Gasteiger partial charge in [0.2, 0.25) is 0 Å². The highest BCUT2D eigenvalue weighted by Crippen LogP contribution is 2.23. The second-order valence-corrected chi connectivity index (χ2v) is 7.13. The molecule has 0 bridgehead atoms. The van der Waals surface area contributed by atoms with E-state index in [1.54, 1.807) is 11.3 Å². The van der Waals surface area contributed by atoms with Crippen molar-refractivity contribution in [2.75, 3.05) is 26.0 Å². The first kappa shape index (κ1) is 17.0. The molecule has 1 aromatic carbocycles. The van der Waals surface area contributed by atoms with E-state index < -0.39 is 0 Å². The van der Waals surface area contributed by atoms with Gasteiger partial charge in [-0.1, -0.05) is 28.1 Å². The first-order chi connectivity index (χ1) is 10.5. The molecule has 0 radical (unpaired) electrons. The molecule has 6 heteroatoms. The van der Waals surface area contributed by atoms with E-state index in [4.69, 9.17) is 0 Å². The molecule has 0 saturated heterocycles. The summed E-state index contributed by atoms with van der Waals surface area (Å²) in [7, 11) is 4.03. The van der Waals surface area contributed by atoms with Gasteiger partial charge in [0, 0.05) is 21.6 Å². The minimum atomic E-state index is -0.195. The summed E-state index contributed by atoms with van der Waals surface area (Å²) >= 11 is 5.17. The molecule has 2 rings (SSSR count). The predicted molar refractivity (Wildman–Crippen MR) is 96.6 cm³/mol. The van der Waals surface area contributed by atoms with Crippen LogP contribution in [0.15, 0.2) is 40.2 Å². The minimum absolute atomic E-state index is 0.176. The zero-order chi connectivity index (χ0) is 16.1. The molecule has 0 aliphatic rings. The van der Waals surface area contributed by atoms with E-state index in [9.17, 15) is 4.79 Å². The van der Waals surface area contributed by atoms with Gasteiger partial charge in [-0.15, -0.1) is 11.3 Å². The molecule has 1 aromatic heterocycles. The van der Waals surface area contributed by atoms with Gasteiger partial charge in [-0.05, 0) is 50.2 Å². The lowest BCUT2D eigenvalue weighted by atomic mass is 10.2. The highest BCUT2D eigenvalue weighted by molar-refractivity contribution is 9.10. The van der Waals surface area contributed by atoms with Crippen molar-refractivity contribution in [2.45, 2.75) is 13.0 Å². The Morgan fingerprint density at radius 2 is 2.14 bits per heavy atom. The number of nitrogens with zero attached hydrogens (tertiary/aromatic N) is 1. The van der Waals surface area contributed by atoms with Gasteiger partial charge >= 0.3 is 6.03 Å². The first-order valence-corrected chi connectivity index (χ1v) is 8.65. The van der Waals surface area contributed by atoms with Crippen LogP contribution in [0, 0.1) is 6.92 Å². The highest BCUT2D eigenvalue weighted by atomic mass is 79.9. The highest BCUT2D eigenvalue weighted by Gasteiger charge is 2.16. The normalized spacial score (nSPS) is 12.2. The summed E-state index contributed by atoms with van der Waals surface area (Å²) in [5.41, 5.74) is 1.91. The van der Waals surface area contributed by atoms with Crippen LogP contribution in [-0.4, -0.2) is 31.6 Å². The summed E-state index contributed by atoms with van der Waals surface area (Å²) in [5, 5.41) is 7.84. The summed E-state index contributed by atoms with van der Waals surface area (Å²) in [5.74, 6) is 0.